The van der Waals surface area contributed by atoms with Crippen molar-refractivity contribution in [3.8, 4) is 0 Å². The lowest BCUT2D eigenvalue weighted by atomic mass is 10.2. The fraction of sp³-hybridized carbons (Fsp3) is 0.200. The molecule has 0 radical (unpaired) electrons. The molecule has 0 aliphatic rings. The van der Waals surface area contributed by atoms with Crippen molar-refractivity contribution in [1.29, 1.82) is 0 Å². The van der Waals surface area contributed by atoms with Crippen LogP contribution in [0, 0.1) is 3.57 Å². The molecule has 0 aromatic heterocycles. The number of hydrogen-bond donors (Lipinski definition) is 2. The molecule has 0 heterocycles. The van der Waals surface area contributed by atoms with Gasteiger partial charge in [-0.2, -0.15) is 0 Å². The highest BCUT2D eigenvalue weighted by molar-refractivity contribution is 14.1. The summed E-state index contributed by atoms with van der Waals surface area (Å²) in [6.45, 7) is 6.63. The van der Waals surface area contributed by atoms with Crippen LogP contribution in [-0.2, 0) is 0 Å². The SMILES string of the molecule is C=C(C)CNc1ccc(N)cc1I. The minimum absolute atomic E-state index is 0.797. The topological polar surface area (TPSA) is 38.0 Å². The highest BCUT2D eigenvalue weighted by Crippen LogP contribution is 2.20. The molecule has 0 fully saturated rings. The van der Waals surface area contributed by atoms with Crippen LogP contribution >= 0.6 is 22.6 Å². The lowest BCUT2D eigenvalue weighted by Gasteiger charge is -2.08. The highest BCUT2D eigenvalue weighted by Gasteiger charge is 1.98. The van der Waals surface area contributed by atoms with Crippen molar-refractivity contribution < 1.29 is 0 Å². The maximum atomic E-state index is 5.63. The van der Waals surface area contributed by atoms with E-state index in [0.717, 1.165) is 27.1 Å². The van der Waals surface area contributed by atoms with Crippen molar-refractivity contribution in [3.63, 3.8) is 0 Å². The number of nitrogens with one attached hydrogen (secondary N) is 1. The molecule has 3 N–H and O–H groups in total. The third-order valence-corrected chi connectivity index (χ3v) is 2.47. The van der Waals surface area contributed by atoms with E-state index >= 15 is 0 Å². The second-order valence-electron chi connectivity index (χ2n) is 3.05. The summed E-state index contributed by atoms with van der Waals surface area (Å²) in [4.78, 5) is 0. The Balaban J connectivity index is 2.72. The van der Waals surface area contributed by atoms with Gasteiger partial charge in [-0.15, -0.1) is 0 Å². The summed E-state index contributed by atoms with van der Waals surface area (Å²) in [6.07, 6.45) is 0. The Morgan fingerprint density at radius 1 is 1.62 bits per heavy atom. The summed E-state index contributed by atoms with van der Waals surface area (Å²) in [5.74, 6) is 0. The molecule has 2 nitrogen and oxygen atoms in total. The Kier molecular flexibility index (Phi) is 3.59. The quantitative estimate of drug-likeness (QED) is 0.510. The molecule has 0 aliphatic carbocycles. The fourth-order valence-electron chi connectivity index (χ4n) is 0.921. The third-order valence-electron chi connectivity index (χ3n) is 1.57. The van der Waals surface area contributed by atoms with E-state index in [9.17, 15) is 0 Å². The normalized spacial score (nSPS) is 9.69. The van der Waals surface area contributed by atoms with Crippen LogP contribution in [0.25, 0.3) is 0 Å². The second kappa shape index (κ2) is 4.50. The van der Waals surface area contributed by atoms with E-state index in [1.54, 1.807) is 0 Å². The summed E-state index contributed by atoms with van der Waals surface area (Å²) < 4.78 is 1.14. The van der Waals surface area contributed by atoms with Crippen molar-refractivity contribution in [2.24, 2.45) is 0 Å². The third kappa shape index (κ3) is 3.26. The molecular formula is C10H13IN2. The first kappa shape index (κ1) is 10.4. The summed E-state index contributed by atoms with van der Waals surface area (Å²) in [7, 11) is 0. The molecule has 0 saturated carbocycles. The lowest BCUT2D eigenvalue weighted by molar-refractivity contribution is 1.21. The first-order valence-corrected chi connectivity index (χ1v) is 5.11. The van der Waals surface area contributed by atoms with Gasteiger partial charge < -0.3 is 11.1 Å². The number of benzene rings is 1. The number of rotatable bonds is 3. The number of nitrogen functional groups attached to an aromatic ring is 1. The highest BCUT2D eigenvalue weighted by atomic mass is 127. The van der Waals surface area contributed by atoms with Gasteiger partial charge in [0, 0.05) is 21.5 Å². The van der Waals surface area contributed by atoms with E-state index in [0.29, 0.717) is 0 Å². The van der Waals surface area contributed by atoms with Gasteiger partial charge in [0.2, 0.25) is 0 Å². The molecule has 70 valence electrons. The maximum absolute atomic E-state index is 5.63. The minimum atomic E-state index is 0.797. The molecule has 1 aromatic rings. The number of halogens is 1. The van der Waals surface area contributed by atoms with Gasteiger partial charge in [0.15, 0.2) is 0 Å². The van der Waals surface area contributed by atoms with Gasteiger partial charge in [-0.05, 0) is 47.7 Å². The molecule has 0 spiro atoms. The summed E-state index contributed by atoms with van der Waals surface area (Å²) in [5.41, 5.74) is 8.66. The Morgan fingerprint density at radius 2 is 2.31 bits per heavy atom. The van der Waals surface area contributed by atoms with Crippen molar-refractivity contribution in [2.75, 3.05) is 17.6 Å². The monoisotopic (exact) mass is 288 g/mol. The van der Waals surface area contributed by atoms with E-state index in [2.05, 4.69) is 34.5 Å². The van der Waals surface area contributed by atoms with E-state index in [-0.39, 0.29) is 0 Å². The van der Waals surface area contributed by atoms with Crippen LogP contribution in [0.15, 0.2) is 30.4 Å². The molecule has 13 heavy (non-hydrogen) atoms. The molecule has 0 bridgehead atoms. The van der Waals surface area contributed by atoms with Crippen molar-refractivity contribution in [3.05, 3.63) is 33.9 Å². The lowest BCUT2D eigenvalue weighted by Crippen LogP contribution is -2.03. The average molecular weight is 288 g/mol. The molecule has 0 aliphatic heterocycles. The Bertz CT molecular complexity index is 321. The van der Waals surface area contributed by atoms with Gasteiger partial charge in [-0.1, -0.05) is 12.2 Å². The van der Waals surface area contributed by atoms with Gasteiger partial charge in [-0.25, -0.2) is 0 Å². The number of anilines is 2. The van der Waals surface area contributed by atoms with Crippen molar-refractivity contribution in [2.45, 2.75) is 6.92 Å². The van der Waals surface area contributed by atoms with Crippen LogP contribution in [0.4, 0.5) is 11.4 Å². The zero-order valence-corrected chi connectivity index (χ0v) is 9.76. The smallest absolute Gasteiger partial charge is 0.0479 e. The zero-order valence-electron chi connectivity index (χ0n) is 7.60. The van der Waals surface area contributed by atoms with Crippen LogP contribution in [0.2, 0.25) is 0 Å². The first-order chi connectivity index (χ1) is 6.09. The molecule has 0 unspecified atom stereocenters. The van der Waals surface area contributed by atoms with Gasteiger partial charge in [0.25, 0.3) is 0 Å². The van der Waals surface area contributed by atoms with Crippen LogP contribution in [0.3, 0.4) is 0 Å². The minimum Gasteiger partial charge on any atom is -0.399 e. The Hall–Kier alpha value is -0.710. The predicted molar refractivity (Wildman–Crippen MR) is 66.9 cm³/mol. The maximum Gasteiger partial charge on any atom is 0.0479 e. The van der Waals surface area contributed by atoms with Crippen LogP contribution in [0.5, 0.6) is 0 Å². The molecule has 3 heteroatoms. The van der Waals surface area contributed by atoms with Crippen molar-refractivity contribution in [1.82, 2.24) is 0 Å². The van der Waals surface area contributed by atoms with E-state index in [4.69, 9.17) is 5.73 Å². The Labute approximate surface area is 92.4 Å². The predicted octanol–water partition coefficient (Wildman–Crippen LogP) is 2.86. The van der Waals surface area contributed by atoms with Crippen molar-refractivity contribution >= 4 is 34.0 Å². The fourth-order valence-corrected chi connectivity index (χ4v) is 1.65. The zero-order chi connectivity index (χ0) is 9.84. The molecule has 0 saturated heterocycles. The molecular weight excluding hydrogens is 275 g/mol. The molecule has 0 amide bonds. The average Bonchev–Trinajstić information content (AvgIpc) is 2.02. The van der Waals surface area contributed by atoms with Crippen LogP contribution in [0.1, 0.15) is 6.92 Å². The van der Waals surface area contributed by atoms with Gasteiger partial charge in [-0.3, -0.25) is 0 Å². The summed E-state index contributed by atoms with van der Waals surface area (Å²) in [5, 5.41) is 3.28. The molecule has 1 aromatic carbocycles. The Morgan fingerprint density at radius 3 is 2.85 bits per heavy atom. The van der Waals surface area contributed by atoms with E-state index < -0.39 is 0 Å². The first-order valence-electron chi connectivity index (χ1n) is 4.03. The van der Waals surface area contributed by atoms with E-state index in [1.807, 2.05) is 25.1 Å². The van der Waals surface area contributed by atoms with Gasteiger partial charge in [0.1, 0.15) is 0 Å². The van der Waals surface area contributed by atoms with Gasteiger partial charge >= 0.3 is 0 Å². The van der Waals surface area contributed by atoms with E-state index in [1.165, 1.54) is 0 Å². The van der Waals surface area contributed by atoms with Crippen LogP contribution < -0.4 is 11.1 Å². The molecule has 1 rings (SSSR count). The molecule has 0 atom stereocenters. The second-order valence-corrected chi connectivity index (χ2v) is 4.21. The summed E-state index contributed by atoms with van der Waals surface area (Å²) >= 11 is 2.26. The standard InChI is InChI=1S/C10H13IN2/c1-7(2)6-13-10-4-3-8(12)5-9(10)11/h3-5,13H,1,6,12H2,2H3. The largest absolute Gasteiger partial charge is 0.399 e. The number of nitrogens with two attached hydrogens (primary N) is 1. The summed E-state index contributed by atoms with van der Waals surface area (Å²) in [6, 6.07) is 5.82. The van der Waals surface area contributed by atoms with Crippen LogP contribution in [-0.4, -0.2) is 6.54 Å². The van der Waals surface area contributed by atoms with Gasteiger partial charge in [0.05, 0.1) is 0 Å². The number of hydrogen-bond acceptors (Lipinski definition) is 2.